The second kappa shape index (κ2) is 6.64. The van der Waals surface area contributed by atoms with Gasteiger partial charge in [0.25, 0.3) is 5.92 Å². The monoisotopic (exact) mass is 304 g/mol. The molecule has 1 heterocycles. The standard InChI is InChI=1S/C14H19F3N2O2/c1-21-11-4-2-3-10(12(11)15)13(14(16,17)9-20)19-7-5-18-6-8-19/h2-4,13,18,20H,5-9H2,1H3/t13-/m0/s1. The number of ether oxygens (including phenoxy) is 1. The van der Waals surface area contributed by atoms with Crippen LogP contribution in [-0.4, -0.2) is 55.8 Å². The van der Waals surface area contributed by atoms with Gasteiger partial charge in [0.15, 0.2) is 11.6 Å². The van der Waals surface area contributed by atoms with E-state index in [2.05, 4.69) is 5.32 Å². The Balaban J connectivity index is 2.44. The van der Waals surface area contributed by atoms with Gasteiger partial charge in [-0.1, -0.05) is 12.1 Å². The zero-order valence-corrected chi connectivity index (χ0v) is 11.8. The lowest BCUT2D eigenvalue weighted by molar-refractivity contribution is -0.119. The number of hydrogen-bond donors (Lipinski definition) is 2. The van der Waals surface area contributed by atoms with Crippen molar-refractivity contribution in [2.45, 2.75) is 12.0 Å². The summed E-state index contributed by atoms with van der Waals surface area (Å²) in [5.41, 5.74) is -0.157. The fraction of sp³-hybridized carbons (Fsp3) is 0.571. The third-order valence-corrected chi connectivity index (χ3v) is 3.64. The van der Waals surface area contributed by atoms with Gasteiger partial charge >= 0.3 is 0 Å². The average molecular weight is 304 g/mol. The van der Waals surface area contributed by atoms with Crippen LogP contribution in [-0.2, 0) is 0 Å². The molecular weight excluding hydrogens is 285 g/mol. The minimum absolute atomic E-state index is 0.0821. The average Bonchev–Trinajstić information content (AvgIpc) is 2.50. The van der Waals surface area contributed by atoms with Gasteiger partial charge in [0.1, 0.15) is 12.6 Å². The summed E-state index contributed by atoms with van der Waals surface area (Å²) in [6.07, 6.45) is 0. The molecule has 2 rings (SSSR count). The van der Waals surface area contributed by atoms with Gasteiger partial charge in [0.2, 0.25) is 0 Å². The van der Waals surface area contributed by atoms with E-state index in [1.54, 1.807) is 0 Å². The van der Waals surface area contributed by atoms with Crippen LogP contribution in [0.25, 0.3) is 0 Å². The summed E-state index contributed by atoms with van der Waals surface area (Å²) in [5, 5.41) is 12.1. The molecule has 1 aromatic rings. The highest BCUT2D eigenvalue weighted by Gasteiger charge is 2.45. The molecule has 1 aliphatic heterocycles. The molecule has 0 aliphatic carbocycles. The van der Waals surface area contributed by atoms with Crippen LogP contribution in [0.4, 0.5) is 13.2 Å². The number of nitrogens with zero attached hydrogens (tertiary/aromatic N) is 1. The number of hydrogen-bond acceptors (Lipinski definition) is 4. The topological polar surface area (TPSA) is 44.7 Å². The summed E-state index contributed by atoms with van der Waals surface area (Å²) in [4.78, 5) is 1.49. The van der Waals surface area contributed by atoms with Crippen molar-refractivity contribution in [1.82, 2.24) is 10.2 Å². The molecule has 0 bridgehead atoms. The highest BCUT2D eigenvalue weighted by atomic mass is 19.3. The lowest BCUT2D eigenvalue weighted by Gasteiger charge is -2.38. The molecule has 1 saturated heterocycles. The van der Waals surface area contributed by atoms with Crippen LogP contribution in [0.3, 0.4) is 0 Å². The largest absolute Gasteiger partial charge is 0.494 e. The summed E-state index contributed by atoms with van der Waals surface area (Å²) < 4.78 is 47.6. The summed E-state index contributed by atoms with van der Waals surface area (Å²) >= 11 is 0. The molecule has 118 valence electrons. The van der Waals surface area contributed by atoms with Crippen LogP contribution in [0.5, 0.6) is 5.75 Å². The van der Waals surface area contributed by atoms with Crippen molar-refractivity contribution in [2.24, 2.45) is 0 Å². The maximum absolute atomic E-state index is 14.4. The number of benzene rings is 1. The van der Waals surface area contributed by atoms with Crippen molar-refractivity contribution >= 4 is 0 Å². The normalized spacial score (nSPS) is 18.5. The SMILES string of the molecule is COc1cccc([C@H](N2CCNCC2)C(F)(F)CO)c1F. The number of piperazine rings is 1. The Labute approximate surface area is 121 Å². The lowest BCUT2D eigenvalue weighted by atomic mass is 9.97. The molecule has 21 heavy (non-hydrogen) atoms. The maximum Gasteiger partial charge on any atom is 0.290 e. The molecule has 2 N–H and O–H groups in total. The van der Waals surface area contributed by atoms with Crippen LogP contribution >= 0.6 is 0 Å². The van der Waals surface area contributed by atoms with Gasteiger partial charge in [-0.3, -0.25) is 4.90 Å². The first-order valence-electron chi connectivity index (χ1n) is 6.77. The van der Waals surface area contributed by atoms with Gasteiger partial charge in [0.05, 0.1) is 7.11 Å². The molecule has 7 heteroatoms. The van der Waals surface area contributed by atoms with Crippen LogP contribution in [0.2, 0.25) is 0 Å². The van der Waals surface area contributed by atoms with Gasteiger partial charge in [-0.25, -0.2) is 13.2 Å². The second-order valence-electron chi connectivity index (χ2n) is 4.97. The van der Waals surface area contributed by atoms with E-state index in [9.17, 15) is 13.2 Å². The molecular formula is C14H19F3N2O2. The number of methoxy groups -OCH3 is 1. The van der Waals surface area contributed by atoms with Crippen molar-refractivity contribution in [3.05, 3.63) is 29.6 Å². The quantitative estimate of drug-likeness (QED) is 0.863. The number of aliphatic hydroxyl groups is 1. The number of halogens is 3. The number of rotatable bonds is 5. The Morgan fingerprint density at radius 1 is 1.38 bits per heavy atom. The van der Waals surface area contributed by atoms with E-state index < -0.39 is 24.4 Å². The molecule has 1 atom stereocenters. The van der Waals surface area contributed by atoms with Gasteiger partial charge in [-0.05, 0) is 6.07 Å². The van der Waals surface area contributed by atoms with Gasteiger partial charge < -0.3 is 15.2 Å². The Bertz CT molecular complexity index is 479. The summed E-state index contributed by atoms with van der Waals surface area (Å²) in [5.74, 6) is -4.33. The predicted molar refractivity (Wildman–Crippen MR) is 72.2 cm³/mol. The molecule has 1 aliphatic rings. The lowest BCUT2D eigenvalue weighted by Crippen LogP contribution is -2.51. The summed E-state index contributed by atoms with van der Waals surface area (Å²) in [6.45, 7) is 0.471. The van der Waals surface area contributed by atoms with E-state index in [0.29, 0.717) is 26.2 Å². The van der Waals surface area contributed by atoms with Crippen molar-refractivity contribution in [1.29, 1.82) is 0 Å². The van der Waals surface area contributed by atoms with E-state index >= 15 is 0 Å². The Morgan fingerprint density at radius 2 is 2.05 bits per heavy atom. The van der Waals surface area contributed by atoms with Crippen LogP contribution in [0.15, 0.2) is 18.2 Å². The second-order valence-corrected chi connectivity index (χ2v) is 4.97. The fourth-order valence-electron chi connectivity index (χ4n) is 2.61. The molecule has 0 aromatic heterocycles. The van der Waals surface area contributed by atoms with Gasteiger partial charge in [-0.15, -0.1) is 0 Å². The smallest absolute Gasteiger partial charge is 0.290 e. The van der Waals surface area contributed by atoms with E-state index in [4.69, 9.17) is 9.84 Å². The first kappa shape index (κ1) is 16.1. The molecule has 0 saturated carbocycles. The molecule has 0 amide bonds. The van der Waals surface area contributed by atoms with Gasteiger partial charge in [0, 0.05) is 31.7 Å². The van der Waals surface area contributed by atoms with Crippen molar-refractivity contribution < 1.29 is 23.0 Å². The third kappa shape index (κ3) is 3.30. The highest BCUT2D eigenvalue weighted by molar-refractivity contribution is 5.34. The molecule has 1 aromatic carbocycles. The van der Waals surface area contributed by atoms with Gasteiger partial charge in [-0.2, -0.15) is 0 Å². The number of aliphatic hydroxyl groups excluding tert-OH is 1. The Hall–Kier alpha value is -1.31. The maximum atomic E-state index is 14.4. The van der Waals surface area contributed by atoms with Crippen molar-refractivity contribution in [2.75, 3.05) is 39.9 Å². The zero-order valence-electron chi connectivity index (χ0n) is 11.8. The van der Waals surface area contributed by atoms with E-state index in [-0.39, 0.29) is 11.3 Å². The van der Waals surface area contributed by atoms with E-state index in [1.165, 1.54) is 30.2 Å². The summed E-state index contributed by atoms with van der Waals surface area (Å²) in [7, 11) is 1.28. The third-order valence-electron chi connectivity index (χ3n) is 3.64. The van der Waals surface area contributed by atoms with Crippen LogP contribution in [0.1, 0.15) is 11.6 Å². The van der Waals surface area contributed by atoms with E-state index in [0.717, 1.165) is 0 Å². The number of alkyl halides is 2. The Morgan fingerprint density at radius 3 is 2.62 bits per heavy atom. The molecule has 4 nitrogen and oxygen atoms in total. The van der Waals surface area contributed by atoms with Crippen LogP contribution in [0, 0.1) is 5.82 Å². The Kier molecular flexibility index (Phi) is 5.08. The first-order valence-corrected chi connectivity index (χ1v) is 6.77. The fourth-order valence-corrected chi connectivity index (χ4v) is 2.61. The molecule has 0 spiro atoms. The minimum Gasteiger partial charge on any atom is -0.494 e. The molecule has 0 unspecified atom stereocenters. The molecule has 1 fully saturated rings. The van der Waals surface area contributed by atoms with Crippen molar-refractivity contribution in [3.63, 3.8) is 0 Å². The van der Waals surface area contributed by atoms with E-state index in [1.807, 2.05) is 0 Å². The minimum atomic E-state index is -3.44. The zero-order chi connectivity index (χ0) is 15.5. The summed E-state index contributed by atoms with van der Waals surface area (Å²) in [6, 6.07) is 2.65. The molecule has 0 radical (unpaired) electrons. The predicted octanol–water partition coefficient (Wildman–Crippen LogP) is 1.41. The first-order chi connectivity index (χ1) is 10.0. The highest BCUT2D eigenvalue weighted by Crippen LogP contribution is 2.39. The van der Waals surface area contributed by atoms with Crippen molar-refractivity contribution in [3.8, 4) is 5.75 Å². The number of nitrogens with one attached hydrogen (secondary N) is 1. The van der Waals surface area contributed by atoms with Crippen LogP contribution < -0.4 is 10.1 Å².